The summed E-state index contributed by atoms with van der Waals surface area (Å²) in [5.41, 5.74) is 0.0843. The minimum Gasteiger partial charge on any atom is -0.166 e. The smallest absolute Gasteiger partial charge is 0.166 e. The number of halogens is 3. The highest BCUT2D eigenvalue weighted by Gasteiger charge is 2.31. The zero-order valence-corrected chi connectivity index (χ0v) is 8.65. The predicted molar refractivity (Wildman–Crippen MR) is 53.0 cm³/mol. The summed E-state index contributed by atoms with van der Waals surface area (Å²) >= 11 is 0. The van der Waals surface area contributed by atoms with Crippen LogP contribution in [0.2, 0.25) is 0 Å². The normalized spacial score (nSPS) is 16.1. The van der Waals surface area contributed by atoms with Gasteiger partial charge in [-0.05, 0) is 19.4 Å². The first-order chi connectivity index (χ1) is 6.50. The molecule has 0 nitrogen and oxygen atoms in total. The second-order valence-electron chi connectivity index (χ2n) is 2.68. The summed E-state index contributed by atoms with van der Waals surface area (Å²) in [5, 5.41) is 0. The Hall–Kier alpha value is -0.990. The zero-order chi connectivity index (χ0) is 11.2. The van der Waals surface area contributed by atoms with Gasteiger partial charge in [-0.15, -0.1) is 0 Å². The fraction of sp³-hybridized carbons (Fsp3) is 0.455. The average molecular weight is 204 g/mol. The van der Waals surface area contributed by atoms with E-state index >= 15 is 0 Å². The van der Waals surface area contributed by atoms with E-state index in [1.807, 2.05) is 13.8 Å². The maximum Gasteiger partial charge on any atom is 0.416 e. The van der Waals surface area contributed by atoms with Crippen LogP contribution in [-0.2, 0) is 0 Å². The van der Waals surface area contributed by atoms with Gasteiger partial charge in [0.15, 0.2) is 0 Å². The van der Waals surface area contributed by atoms with Crippen molar-refractivity contribution in [3.8, 4) is 0 Å². The summed E-state index contributed by atoms with van der Waals surface area (Å²) in [4.78, 5) is 0. The lowest BCUT2D eigenvalue weighted by molar-refractivity contribution is -0.0882. The highest BCUT2D eigenvalue weighted by atomic mass is 19.4. The van der Waals surface area contributed by atoms with Crippen LogP contribution in [0.3, 0.4) is 0 Å². The summed E-state index contributed by atoms with van der Waals surface area (Å²) in [7, 11) is 0. The van der Waals surface area contributed by atoms with Gasteiger partial charge in [-0.25, -0.2) is 0 Å². The maximum atomic E-state index is 12.1. The van der Waals surface area contributed by atoms with Gasteiger partial charge in [0.05, 0.1) is 5.57 Å². The molecule has 14 heavy (non-hydrogen) atoms. The molecular formula is C11H15F3. The minimum absolute atomic E-state index is 0.571. The number of alkyl halides is 3. The third-order valence-corrected chi connectivity index (χ3v) is 1.58. The molecule has 0 aromatic carbocycles. The number of rotatable bonds is 0. The van der Waals surface area contributed by atoms with E-state index in [4.69, 9.17) is 0 Å². The van der Waals surface area contributed by atoms with E-state index in [0.717, 1.165) is 12.2 Å². The Morgan fingerprint density at radius 3 is 2.29 bits per heavy atom. The third kappa shape index (κ3) is 4.30. The lowest BCUT2D eigenvalue weighted by Crippen LogP contribution is -2.09. The van der Waals surface area contributed by atoms with Crippen molar-refractivity contribution >= 4 is 0 Å². The van der Waals surface area contributed by atoms with E-state index in [2.05, 4.69) is 0 Å². The van der Waals surface area contributed by atoms with Gasteiger partial charge in [-0.3, -0.25) is 0 Å². The Morgan fingerprint density at radius 2 is 1.79 bits per heavy atom. The van der Waals surface area contributed by atoms with Crippen molar-refractivity contribution in [2.24, 2.45) is 0 Å². The van der Waals surface area contributed by atoms with Gasteiger partial charge >= 0.3 is 6.18 Å². The lowest BCUT2D eigenvalue weighted by atomic mass is 10.2. The molecule has 1 aliphatic carbocycles. The van der Waals surface area contributed by atoms with Crippen LogP contribution in [0.5, 0.6) is 0 Å². The van der Waals surface area contributed by atoms with E-state index in [1.54, 1.807) is 13.0 Å². The first-order valence-electron chi connectivity index (χ1n) is 4.62. The Kier molecular flexibility index (Phi) is 5.28. The highest BCUT2D eigenvalue weighted by Crippen LogP contribution is 2.28. The molecule has 0 spiro atoms. The average Bonchev–Trinajstić information content (AvgIpc) is 2.32. The van der Waals surface area contributed by atoms with E-state index in [1.165, 1.54) is 6.08 Å². The molecule has 0 heterocycles. The van der Waals surface area contributed by atoms with Gasteiger partial charge < -0.3 is 0 Å². The van der Waals surface area contributed by atoms with Crippen LogP contribution >= 0.6 is 0 Å². The molecule has 1 rings (SSSR count). The number of allylic oxidation sites excluding steroid dienone is 6. The van der Waals surface area contributed by atoms with Crippen LogP contribution in [0.4, 0.5) is 13.2 Å². The monoisotopic (exact) mass is 204 g/mol. The predicted octanol–water partition coefficient (Wildman–Crippen LogP) is 4.41. The summed E-state index contributed by atoms with van der Waals surface area (Å²) in [5.74, 6) is 0. The van der Waals surface area contributed by atoms with Crippen molar-refractivity contribution in [3.63, 3.8) is 0 Å². The lowest BCUT2D eigenvalue weighted by Gasteiger charge is -2.06. The van der Waals surface area contributed by atoms with Crippen molar-refractivity contribution in [2.75, 3.05) is 0 Å². The van der Waals surface area contributed by atoms with Gasteiger partial charge in [0.25, 0.3) is 0 Å². The van der Waals surface area contributed by atoms with Gasteiger partial charge in [-0.1, -0.05) is 37.6 Å². The topological polar surface area (TPSA) is 0 Å². The van der Waals surface area contributed by atoms with E-state index < -0.39 is 11.7 Å². The van der Waals surface area contributed by atoms with Gasteiger partial charge in [0.1, 0.15) is 0 Å². The van der Waals surface area contributed by atoms with Gasteiger partial charge in [-0.2, -0.15) is 13.2 Å². The molecule has 1 aliphatic rings. The number of hydrogen-bond acceptors (Lipinski definition) is 0. The molecule has 0 saturated heterocycles. The molecule has 0 N–H and O–H groups in total. The Balaban J connectivity index is 0.000000791. The summed E-state index contributed by atoms with van der Waals surface area (Å²) < 4.78 is 36.4. The van der Waals surface area contributed by atoms with Crippen LogP contribution in [0.25, 0.3) is 0 Å². The number of hydrogen-bond donors (Lipinski definition) is 0. The van der Waals surface area contributed by atoms with Crippen LogP contribution < -0.4 is 0 Å². The highest BCUT2D eigenvalue weighted by molar-refractivity contribution is 5.35. The largest absolute Gasteiger partial charge is 0.416 e. The van der Waals surface area contributed by atoms with Gasteiger partial charge in [0.2, 0.25) is 0 Å². The zero-order valence-electron chi connectivity index (χ0n) is 8.65. The van der Waals surface area contributed by atoms with Crippen LogP contribution in [0, 0.1) is 0 Å². The van der Waals surface area contributed by atoms with Crippen molar-refractivity contribution < 1.29 is 13.2 Å². The molecule has 0 saturated carbocycles. The molecule has 80 valence electrons. The van der Waals surface area contributed by atoms with Crippen molar-refractivity contribution in [1.29, 1.82) is 0 Å². The Labute approximate surface area is 82.8 Å². The molecule has 0 aromatic rings. The molecule has 0 bridgehead atoms. The fourth-order valence-corrected chi connectivity index (χ4v) is 0.978. The van der Waals surface area contributed by atoms with E-state index in [9.17, 15) is 13.2 Å². The summed E-state index contributed by atoms with van der Waals surface area (Å²) in [6.45, 7) is 5.67. The minimum atomic E-state index is -4.23. The molecular weight excluding hydrogens is 189 g/mol. The third-order valence-electron chi connectivity index (χ3n) is 1.58. The second kappa shape index (κ2) is 5.68. The fourth-order valence-electron chi connectivity index (χ4n) is 0.978. The molecule has 0 radical (unpaired) electrons. The van der Waals surface area contributed by atoms with Gasteiger partial charge in [0, 0.05) is 0 Å². The van der Waals surface area contributed by atoms with E-state index in [0.29, 0.717) is 12.0 Å². The summed E-state index contributed by atoms with van der Waals surface area (Å²) in [6, 6.07) is 0. The second-order valence-corrected chi connectivity index (χ2v) is 2.68. The van der Waals surface area contributed by atoms with Crippen LogP contribution in [0.1, 0.15) is 27.2 Å². The van der Waals surface area contributed by atoms with E-state index in [-0.39, 0.29) is 0 Å². The first-order valence-corrected chi connectivity index (χ1v) is 4.62. The molecule has 0 aromatic heterocycles. The van der Waals surface area contributed by atoms with Crippen molar-refractivity contribution in [1.82, 2.24) is 0 Å². The molecule has 0 unspecified atom stereocenters. The SMILES string of the molecule is CC.CC1=CCC=CC(C(F)(F)F)=C1. The molecule has 0 aliphatic heterocycles. The molecule has 0 fully saturated rings. The molecule has 0 amide bonds. The van der Waals surface area contributed by atoms with Crippen LogP contribution in [-0.4, -0.2) is 6.18 Å². The molecule has 3 heteroatoms. The van der Waals surface area contributed by atoms with Crippen LogP contribution in [0.15, 0.2) is 35.5 Å². The summed E-state index contributed by atoms with van der Waals surface area (Å²) in [6.07, 6.45) is 1.89. The Morgan fingerprint density at radius 1 is 1.21 bits per heavy atom. The molecule has 0 atom stereocenters. The van der Waals surface area contributed by atoms with Crippen molar-refractivity contribution in [3.05, 3.63) is 35.5 Å². The quantitative estimate of drug-likeness (QED) is 0.548. The standard InChI is InChI=1S/C9H9F3.C2H6/c1-7-4-2-3-5-8(6-7)9(10,11)12;1-2/h3-6H,2H2,1H3;1-2H3. The maximum absolute atomic E-state index is 12.1. The van der Waals surface area contributed by atoms with Crippen molar-refractivity contribution in [2.45, 2.75) is 33.4 Å². The Bertz CT molecular complexity index is 254. The first kappa shape index (κ1) is 13.0.